The molecule has 0 aromatic heterocycles. The number of hydrogen-bond acceptors (Lipinski definition) is 5. The van der Waals surface area contributed by atoms with Crippen molar-refractivity contribution in [3.8, 4) is 11.5 Å². The van der Waals surface area contributed by atoms with E-state index in [0.29, 0.717) is 17.2 Å². The predicted molar refractivity (Wildman–Crippen MR) is 122 cm³/mol. The lowest BCUT2D eigenvalue weighted by atomic mass is 10.2. The minimum atomic E-state index is -3.58. The van der Waals surface area contributed by atoms with Crippen molar-refractivity contribution < 1.29 is 17.9 Å². The Labute approximate surface area is 182 Å². The van der Waals surface area contributed by atoms with E-state index in [0.717, 1.165) is 9.99 Å². The van der Waals surface area contributed by atoms with Crippen LogP contribution in [0.4, 0.5) is 11.4 Å². The van der Waals surface area contributed by atoms with Crippen LogP contribution in [0.5, 0.6) is 11.5 Å². The number of nitrogens with zero attached hydrogens (tertiary/aromatic N) is 2. The normalized spacial score (nSPS) is 11.2. The van der Waals surface area contributed by atoms with Crippen LogP contribution in [0.1, 0.15) is 0 Å². The molecule has 0 saturated heterocycles. The van der Waals surface area contributed by atoms with Gasteiger partial charge in [0.05, 0.1) is 17.1 Å². The first kappa shape index (κ1) is 22.3. The van der Waals surface area contributed by atoms with E-state index in [4.69, 9.17) is 4.74 Å². The fourth-order valence-corrected chi connectivity index (χ4v) is 3.87. The van der Waals surface area contributed by atoms with Gasteiger partial charge in [-0.25, -0.2) is 12.7 Å². The van der Waals surface area contributed by atoms with Crippen LogP contribution >= 0.6 is 0 Å². The number of ether oxygens (including phenoxy) is 1. The number of hydrogen-bond donors (Lipinski definition) is 1. The van der Waals surface area contributed by atoms with Gasteiger partial charge in [-0.05, 0) is 42.5 Å². The van der Waals surface area contributed by atoms with Crippen molar-refractivity contribution in [3.05, 3.63) is 78.9 Å². The van der Waals surface area contributed by atoms with Crippen LogP contribution in [0.2, 0.25) is 0 Å². The molecule has 0 aliphatic rings. The van der Waals surface area contributed by atoms with Crippen LogP contribution < -0.4 is 15.0 Å². The van der Waals surface area contributed by atoms with Crippen LogP contribution in [0.3, 0.4) is 0 Å². The standard InChI is InChI=1S/C23H25N3O4S/c1-25(2)31(28,29)20-13-9-10-18(16-20)24-23(27)17-26(3)21-14-7-8-15-22(21)30-19-11-5-4-6-12-19/h4-16H,17H2,1-3H3,(H,24,27). The molecule has 3 rings (SSSR count). The van der Waals surface area contributed by atoms with E-state index in [1.165, 1.54) is 26.2 Å². The van der Waals surface area contributed by atoms with Gasteiger partial charge in [-0.15, -0.1) is 0 Å². The van der Waals surface area contributed by atoms with E-state index in [1.807, 2.05) is 54.6 Å². The number of likely N-dealkylation sites (N-methyl/N-ethyl adjacent to an activating group) is 1. The number of benzene rings is 3. The minimum Gasteiger partial charge on any atom is -0.455 e. The first-order valence-corrected chi connectivity index (χ1v) is 11.1. The highest BCUT2D eigenvalue weighted by Crippen LogP contribution is 2.31. The number of nitrogens with one attached hydrogen (secondary N) is 1. The number of sulfonamides is 1. The summed E-state index contributed by atoms with van der Waals surface area (Å²) in [5, 5.41) is 2.76. The van der Waals surface area contributed by atoms with Crippen molar-refractivity contribution in [2.24, 2.45) is 0 Å². The Morgan fingerprint density at radius 2 is 1.58 bits per heavy atom. The van der Waals surface area contributed by atoms with Crippen LogP contribution in [0.25, 0.3) is 0 Å². The van der Waals surface area contributed by atoms with Crippen LogP contribution in [-0.4, -0.2) is 46.3 Å². The predicted octanol–water partition coefficient (Wildman–Crippen LogP) is 3.80. The first-order valence-electron chi connectivity index (χ1n) is 9.63. The molecule has 0 atom stereocenters. The van der Waals surface area contributed by atoms with Crippen molar-refractivity contribution in [1.29, 1.82) is 0 Å². The molecule has 0 saturated carbocycles. The zero-order valence-electron chi connectivity index (χ0n) is 17.6. The highest BCUT2D eigenvalue weighted by Gasteiger charge is 2.18. The Balaban J connectivity index is 1.71. The second-order valence-electron chi connectivity index (χ2n) is 7.10. The minimum absolute atomic E-state index is 0.0554. The molecule has 0 fully saturated rings. The van der Waals surface area contributed by atoms with Crippen molar-refractivity contribution in [3.63, 3.8) is 0 Å². The number of carbonyl (C=O) groups excluding carboxylic acids is 1. The maximum Gasteiger partial charge on any atom is 0.243 e. The molecule has 7 nitrogen and oxygen atoms in total. The molecule has 0 heterocycles. The zero-order chi connectivity index (χ0) is 22.4. The SMILES string of the molecule is CN(CC(=O)Nc1cccc(S(=O)(=O)N(C)C)c1)c1ccccc1Oc1ccccc1. The molecule has 162 valence electrons. The summed E-state index contributed by atoms with van der Waals surface area (Å²) >= 11 is 0. The van der Waals surface area contributed by atoms with Gasteiger partial charge >= 0.3 is 0 Å². The Morgan fingerprint density at radius 3 is 2.29 bits per heavy atom. The lowest BCUT2D eigenvalue weighted by molar-refractivity contribution is -0.114. The maximum absolute atomic E-state index is 12.6. The fourth-order valence-electron chi connectivity index (χ4n) is 2.92. The third kappa shape index (κ3) is 5.62. The van der Waals surface area contributed by atoms with Gasteiger partial charge in [-0.2, -0.15) is 0 Å². The third-order valence-electron chi connectivity index (χ3n) is 4.52. The number of rotatable bonds is 8. The highest BCUT2D eigenvalue weighted by atomic mass is 32.2. The van der Waals surface area contributed by atoms with Crippen molar-refractivity contribution in [1.82, 2.24) is 4.31 Å². The van der Waals surface area contributed by atoms with E-state index < -0.39 is 10.0 Å². The summed E-state index contributed by atoms with van der Waals surface area (Å²) in [6.07, 6.45) is 0. The smallest absolute Gasteiger partial charge is 0.243 e. The Morgan fingerprint density at radius 1 is 0.903 bits per heavy atom. The second kappa shape index (κ2) is 9.63. The summed E-state index contributed by atoms with van der Waals surface area (Å²) in [4.78, 5) is 14.5. The molecule has 0 radical (unpaired) electrons. The average Bonchev–Trinajstić information content (AvgIpc) is 2.74. The molecule has 1 N–H and O–H groups in total. The molecule has 8 heteroatoms. The molecular weight excluding hydrogens is 414 g/mol. The summed E-state index contributed by atoms with van der Waals surface area (Å²) in [5.74, 6) is 1.05. The lowest BCUT2D eigenvalue weighted by Crippen LogP contribution is -2.30. The first-order chi connectivity index (χ1) is 14.8. The van der Waals surface area contributed by atoms with Gasteiger partial charge < -0.3 is 15.0 Å². The van der Waals surface area contributed by atoms with Crippen LogP contribution in [-0.2, 0) is 14.8 Å². The molecule has 0 bridgehead atoms. The molecule has 31 heavy (non-hydrogen) atoms. The van der Waals surface area contributed by atoms with Crippen molar-refractivity contribution >= 4 is 27.3 Å². The Kier molecular flexibility index (Phi) is 6.94. The van der Waals surface area contributed by atoms with E-state index in [1.54, 1.807) is 24.1 Å². The van der Waals surface area contributed by atoms with Gasteiger partial charge in [0.25, 0.3) is 0 Å². The van der Waals surface area contributed by atoms with Crippen molar-refractivity contribution in [2.75, 3.05) is 37.9 Å². The summed E-state index contributed by atoms with van der Waals surface area (Å²) in [5.41, 5.74) is 1.17. The summed E-state index contributed by atoms with van der Waals surface area (Å²) in [7, 11) is 1.14. The van der Waals surface area contributed by atoms with E-state index in [-0.39, 0.29) is 17.3 Å². The van der Waals surface area contributed by atoms with Gasteiger partial charge in [0.15, 0.2) is 5.75 Å². The topological polar surface area (TPSA) is 79.0 Å². The van der Waals surface area contributed by atoms with Crippen molar-refractivity contribution in [2.45, 2.75) is 4.90 Å². The number of anilines is 2. The summed E-state index contributed by atoms with van der Waals surface area (Å²) in [6, 6.07) is 23.0. The zero-order valence-corrected chi connectivity index (χ0v) is 18.5. The van der Waals surface area contributed by atoms with Gasteiger partial charge in [-0.1, -0.05) is 36.4 Å². The Bertz CT molecular complexity index is 1150. The number of para-hydroxylation sites is 3. The molecule has 0 unspecified atom stereocenters. The summed E-state index contributed by atoms with van der Waals surface area (Å²) in [6.45, 7) is 0.0554. The molecule has 3 aromatic carbocycles. The van der Waals surface area contributed by atoms with Gasteiger partial charge in [0.2, 0.25) is 15.9 Å². The summed E-state index contributed by atoms with van der Waals surface area (Å²) < 4.78 is 31.7. The number of amides is 1. The molecule has 0 spiro atoms. The fraction of sp³-hybridized carbons (Fsp3) is 0.174. The van der Waals surface area contributed by atoms with Gasteiger partial charge in [0.1, 0.15) is 5.75 Å². The number of carbonyl (C=O) groups is 1. The molecule has 0 aliphatic heterocycles. The molecule has 1 amide bonds. The average molecular weight is 440 g/mol. The molecule has 3 aromatic rings. The van der Waals surface area contributed by atoms with Gasteiger partial charge in [-0.3, -0.25) is 4.79 Å². The molecule has 0 aliphatic carbocycles. The Hall–Kier alpha value is -3.36. The monoisotopic (exact) mass is 439 g/mol. The highest BCUT2D eigenvalue weighted by molar-refractivity contribution is 7.89. The second-order valence-corrected chi connectivity index (χ2v) is 9.25. The quantitative estimate of drug-likeness (QED) is 0.578. The molecular formula is C23H25N3O4S. The van der Waals surface area contributed by atoms with E-state index in [2.05, 4.69) is 5.32 Å². The third-order valence-corrected chi connectivity index (χ3v) is 6.34. The van der Waals surface area contributed by atoms with Crippen LogP contribution in [0, 0.1) is 0 Å². The van der Waals surface area contributed by atoms with E-state index >= 15 is 0 Å². The maximum atomic E-state index is 12.6. The van der Waals surface area contributed by atoms with Crippen LogP contribution in [0.15, 0.2) is 83.8 Å². The van der Waals surface area contributed by atoms with E-state index in [9.17, 15) is 13.2 Å². The lowest BCUT2D eigenvalue weighted by Gasteiger charge is -2.22. The largest absolute Gasteiger partial charge is 0.455 e. The van der Waals surface area contributed by atoms with Gasteiger partial charge in [0, 0.05) is 26.8 Å².